The normalized spacial score (nSPS) is 16.4. The molecule has 0 radical (unpaired) electrons. The third-order valence-electron chi connectivity index (χ3n) is 7.64. The second-order valence-electron chi connectivity index (χ2n) is 10.0. The first-order chi connectivity index (χ1) is 19.0. The van der Waals surface area contributed by atoms with Crippen LogP contribution in [-0.2, 0) is 29.2 Å². The molecule has 1 aromatic heterocycles. The predicted molar refractivity (Wildman–Crippen MR) is 152 cm³/mol. The Balaban J connectivity index is 1.52. The van der Waals surface area contributed by atoms with Crippen molar-refractivity contribution in [1.29, 1.82) is 5.26 Å². The first-order valence-electron chi connectivity index (χ1n) is 13.2. The van der Waals surface area contributed by atoms with E-state index in [-0.39, 0.29) is 4.90 Å². The maximum Gasteiger partial charge on any atom is 0.189 e. The highest BCUT2D eigenvalue weighted by atomic mass is 32.2. The Morgan fingerprint density at radius 3 is 2.38 bits per heavy atom. The van der Waals surface area contributed by atoms with Crippen LogP contribution in [0.1, 0.15) is 64.4 Å². The minimum Gasteiger partial charge on any atom is -0.366 e. The summed E-state index contributed by atoms with van der Waals surface area (Å²) in [5, 5.41) is 12.5. The molecule has 2 aliphatic carbocycles. The Morgan fingerprint density at radius 2 is 1.64 bits per heavy atom. The number of hydrogen-bond donors (Lipinski definition) is 1. The van der Waals surface area contributed by atoms with Gasteiger partial charge in [-0.15, -0.1) is 0 Å². The van der Waals surface area contributed by atoms with Crippen LogP contribution in [0.2, 0.25) is 0 Å². The fraction of sp³-hybridized carbons (Fsp3) is 0.219. The van der Waals surface area contributed by atoms with Crippen LogP contribution in [-0.4, -0.2) is 18.4 Å². The zero-order chi connectivity index (χ0) is 27.0. The molecule has 39 heavy (non-hydrogen) atoms. The van der Waals surface area contributed by atoms with Crippen LogP contribution < -0.4 is 5.32 Å². The van der Waals surface area contributed by atoms with Gasteiger partial charge in [-0.1, -0.05) is 60.7 Å². The monoisotopic (exact) mass is 532 g/mol. The fourth-order valence-corrected chi connectivity index (χ4v) is 7.74. The lowest BCUT2D eigenvalue weighted by atomic mass is 9.95. The van der Waals surface area contributed by atoms with Gasteiger partial charge < -0.3 is 5.32 Å². The number of benzene rings is 3. The predicted octanol–water partition coefficient (Wildman–Crippen LogP) is 6.19. The van der Waals surface area contributed by atoms with Gasteiger partial charge in [-0.25, -0.2) is 18.4 Å². The van der Waals surface area contributed by atoms with Crippen molar-refractivity contribution in [3.05, 3.63) is 124 Å². The molecule has 6 nitrogen and oxygen atoms in total. The van der Waals surface area contributed by atoms with Crippen molar-refractivity contribution in [2.45, 2.75) is 49.3 Å². The number of rotatable bonds is 6. The second-order valence-corrected chi connectivity index (χ2v) is 12.1. The lowest BCUT2D eigenvalue weighted by Crippen LogP contribution is -2.15. The first-order valence-corrected chi connectivity index (χ1v) is 14.7. The summed E-state index contributed by atoms with van der Waals surface area (Å²) in [6.45, 7) is 2.46. The molecule has 0 bridgehead atoms. The molecular formula is C32H28N4O2S. The highest BCUT2D eigenvalue weighted by Crippen LogP contribution is 2.50. The number of sulfone groups is 1. The summed E-state index contributed by atoms with van der Waals surface area (Å²) in [5.74, 6) is 1.30. The van der Waals surface area contributed by atoms with Gasteiger partial charge in [0.05, 0.1) is 16.5 Å². The van der Waals surface area contributed by atoms with Crippen molar-refractivity contribution in [2.24, 2.45) is 0 Å². The Morgan fingerprint density at radius 1 is 0.923 bits per heavy atom. The number of nitrogens with one attached hydrogen (secondary N) is 1. The van der Waals surface area contributed by atoms with Gasteiger partial charge in [0, 0.05) is 28.9 Å². The zero-order valence-corrected chi connectivity index (χ0v) is 22.5. The molecule has 1 unspecified atom stereocenters. The number of nitrogens with zero attached hydrogens (tertiary/aromatic N) is 3. The lowest BCUT2D eigenvalue weighted by Gasteiger charge is -2.21. The number of hydrogen-bond acceptors (Lipinski definition) is 6. The smallest absolute Gasteiger partial charge is 0.189 e. The Labute approximate surface area is 229 Å². The van der Waals surface area contributed by atoms with E-state index in [2.05, 4.69) is 23.5 Å². The number of anilines is 1. The van der Waals surface area contributed by atoms with Crippen molar-refractivity contribution in [3.8, 4) is 6.07 Å². The molecule has 1 atom stereocenters. The first kappa shape index (κ1) is 25.0. The maximum atomic E-state index is 14.0. The Hall–Kier alpha value is -4.28. The summed E-state index contributed by atoms with van der Waals surface area (Å²) in [6, 6.07) is 26.2. The molecule has 0 spiro atoms. The molecule has 0 saturated carbocycles. The van der Waals surface area contributed by atoms with Crippen LogP contribution in [0.4, 0.5) is 5.82 Å². The number of aromatic nitrogens is 2. The van der Waals surface area contributed by atoms with Gasteiger partial charge in [-0.2, -0.15) is 5.26 Å². The van der Waals surface area contributed by atoms with Crippen LogP contribution in [0.25, 0.3) is 5.57 Å². The molecule has 1 heterocycles. The van der Waals surface area contributed by atoms with E-state index >= 15 is 0 Å². The van der Waals surface area contributed by atoms with Crippen molar-refractivity contribution in [3.63, 3.8) is 0 Å². The van der Waals surface area contributed by atoms with Crippen molar-refractivity contribution < 1.29 is 8.42 Å². The van der Waals surface area contributed by atoms with Gasteiger partial charge in [0.1, 0.15) is 11.1 Å². The van der Waals surface area contributed by atoms with E-state index in [4.69, 9.17) is 9.97 Å². The van der Waals surface area contributed by atoms with E-state index < -0.39 is 15.1 Å². The summed E-state index contributed by atoms with van der Waals surface area (Å²) in [6.07, 6.45) is 3.90. The third-order valence-corrected chi connectivity index (χ3v) is 9.78. The van der Waals surface area contributed by atoms with Gasteiger partial charge in [-0.05, 0) is 67.5 Å². The van der Waals surface area contributed by atoms with Crippen LogP contribution in [0.15, 0.2) is 89.3 Å². The standard InChI is InChI=1S/C32H28N4O2S/c1-21-28(26-17-10-13-23(19-33)29(26)30(21)39(37,38)24-14-6-3-7-15-24)32-35-27-18-9-8-16-25(27)31(36-32)34-20-22-11-4-2-5-12-22/h2-7,10-15,17,30H,8-9,16,18,20H2,1H3,(H,34,35,36). The molecule has 6 rings (SSSR count). The van der Waals surface area contributed by atoms with Crippen LogP contribution in [0.5, 0.6) is 0 Å². The van der Waals surface area contributed by atoms with Gasteiger partial charge >= 0.3 is 0 Å². The summed E-state index contributed by atoms with van der Waals surface area (Å²) < 4.78 is 28.0. The average molecular weight is 533 g/mol. The van der Waals surface area contributed by atoms with E-state index in [0.717, 1.165) is 48.3 Å². The van der Waals surface area contributed by atoms with Crippen molar-refractivity contribution >= 4 is 21.2 Å². The lowest BCUT2D eigenvalue weighted by molar-refractivity contribution is 0.589. The van der Waals surface area contributed by atoms with E-state index in [1.807, 2.05) is 31.2 Å². The molecule has 4 aromatic rings. The minimum atomic E-state index is -3.83. The zero-order valence-electron chi connectivity index (χ0n) is 21.7. The second kappa shape index (κ2) is 10.1. The van der Waals surface area contributed by atoms with E-state index in [0.29, 0.717) is 40.2 Å². The molecule has 0 fully saturated rings. The topological polar surface area (TPSA) is 95.7 Å². The SMILES string of the molecule is CC1=C(c2nc3c(c(NCc4ccccc4)n2)CCCC3)c2cccc(C#N)c2C1S(=O)(=O)c1ccccc1. The minimum absolute atomic E-state index is 0.228. The molecule has 0 saturated heterocycles. The molecule has 0 amide bonds. The summed E-state index contributed by atoms with van der Waals surface area (Å²) in [7, 11) is -3.83. The summed E-state index contributed by atoms with van der Waals surface area (Å²) >= 11 is 0. The van der Waals surface area contributed by atoms with Crippen LogP contribution in [0.3, 0.4) is 0 Å². The van der Waals surface area contributed by atoms with Crippen LogP contribution in [0, 0.1) is 11.3 Å². The molecule has 0 aliphatic heterocycles. The quantitative estimate of drug-likeness (QED) is 0.318. The van der Waals surface area contributed by atoms with Crippen LogP contribution >= 0.6 is 0 Å². The largest absolute Gasteiger partial charge is 0.366 e. The Kier molecular flexibility index (Phi) is 6.49. The molecule has 3 aromatic carbocycles. The van der Waals surface area contributed by atoms with Crippen molar-refractivity contribution in [2.75, 3.05) is 5.32 Å². The van der Waals surface area contributed by atoms with Crippen molar-refractivity contribution in [1.82, 2.24) is 9.97 Å². The highest BCUT2D eigenvalue weighted by Gasteiger charge is 2.42. The molecule has 2 aliphatic rings. The third kappa shape index (κ3) is 4.41. The molecule has 7 heteroatoms. The maximum absolute atomic E-state index is 14.0. The van der Waals surface area contributed by atoms with E-state index in [1.54, 1.807) is 42.5 Å². The van der Waals surface area contributed by atoms with E-state index in [1.165, 1.54) is 0 Å². The number of fused-ring (bicyclic) bond motifs is 2. The highest BCUT2D eigenvalue weighted by molar-refractivity contribution is 7.92. The van der Waals surface area contributed by atoms with Gasteiger partial charge in [0.15, 0.2) is 15.7 Å². The number of aryl methyl sites for hydroxylation is 1. The Bertz CT molecular complexity index is 1740. The average Bonchev–Trinajstić information content (AvgIpc) is 3.29. The summed E-state index contributed by atoms with van der Waals surface area (Å²) in [4.78, 5) is 10.3. The van der Waals surface area contributed by atoms with Gasteiger partial charge in [0.25, 0.3) is 0 Å². The summed E-state index contributed by atoms with van der Waals surface area (Å²) in [5.41, 5.74) is 6.20. The van der Waals surface area contributed by atoms with Gasteiger partial charge in [0.2, 0.25) is 0 Å². The number of nitriles is 1. The molecular weight excluding hydrogens is 504 g/mol. The van der Waals surface area contributed by atoms with Gasteiger partial charge in [-0.3, -0.25) is 0 Å². The molecule has 194 valence electrons. The fourth-order valence-electron chi connectivity index (χ4n) is 5.79. The molecule has 1 N–H and O–H groups in total. The van der Waals surface area contributed by atoms with E-state index in [9.17, 15) is 13.7 Å².